The van der Waals surface area contributed by atoms with E-state index in [1.807, 2.05) is 5.51 Å². The van der Waals surface area contributed by atoms with Crippen LogP contribution < -0.4 is 5.32 Å². The molecule has 5 rings (SSSR count). The number of fused-ring (bicyclic) bond motifs is 2. The molecule has 1 aromatic carbocycles. The average Bonchev–Trinajstić information content (AvgIpc) is 3.32. The van der Waals surface area contributed by atoms with Crippen molar-refractivity contribution in [3.8, 4) is 9.75 Å². The normalized spacial score (nSPS) is 11.4. The van der Waals surface area contributed by atoms with E-state index in [9.17, 15) is 0 Å². The van der Waals surface area contributed by atoms with E-state index in [0.717, 1.165) is 27.2 Å². The first kappa shape index (κ1) is 14.9. The molecule has 122 valence electrons. The molecule has 0 saturated heterocycles. The van der Waals surface area contributed by atoms with E-state index in [1.165, 1.54) is 20.0 Å². The fourth-order valence-corrected chi connectivity index (χ4v) is 5.53. The number of hydrogen-bond acceptors (Lipinski definition) is 7. The largest absolute Gasteiger partial charge is 0.340 e. The van der Waals surface area contributed by atoms with E-state index < -0.39 is 0 Å². The summed E-state index contributed by atoms with van der Waals surface area (Å²) in [6.07, 6.45) is 1.62. The van der Waals surface area contributed by atoms with Crippen LogP contribution in [-0.4, -0.2) is 15.0 Å². The Morgan fingerprint density at radius 1 is 1.00 bits per heavy atom. The standard InChI is InChI=1S/C18H12N4S3/c1-10-4-5-23-16(10)15-7-12-17(19-8-20-18(12)25-15)22-11-2-3-14-13(6-11)21-9-24-14/h2-9H,1H3,(H,19,20,22). The molecule has 0 radical (unpaired) electrons. The van der Waals surface area contributed by atoms with Gasteiger partial charge in [0.15, 0.2) is 0 Å². The third-order valence-electron chi connectivity index (χ3n) is 4.01. The number of nitrogens with zero attached hydrogens (tertiary/aromatic N) is 3. The van der Waals surface area contributed by atoms with Gasteiger partial charge in [-0.05, 0) is 48.2 Å². The molecule has 25 heavy (non-hydrogen) atoms. The molecule has 0 aliphatic rings. The van der Waals surface area contributed by atoms with E-state index in [-0.39, 0.29) is 0 Å². The lowest BCUT2D eigenvalue weighted by atomic mass is 10.2. The van der Waals surface area contributed by atoms with Gasteiger partial charge < -0.3 is 5.32 Å². The smallest absolute Gasteiger partial charge is 0.142 e. The van der Waals surface area contributed by atoms with Crippen LogP contribution in [0.4, 0.5) is 11.5 Å². The van der Waals surface area contributed by atoms with Crippen molar-refractivity contribution in [2.75, 3.05) is 5.32 Å². The summed E-state index contributed by atoms with van der Waals surface area (Å²) in [5.41, 5.74) is 5.15. The summed E-state index contributed by atoms with van der Waals surface area (Å²) in [6.45, 7) is 2.14. The van der Waals surface area contributed by atoms with Gasteiger partial charge in [0, 0.05) is 15.4 Å². The van der Waals surface area contributed by atoms with E-state index in [2.05, 4.69) is 62.9 Å². The Hall–Kier alpha value is -2.35. The van der Waals surface area contributed by atoms with Crippen molar-refractivity contribution in [3.63, 3.8) is 0 Å². The van der Waals surface area contributed by atoms with Gasteiger partial charge in [0.2, 0.25) is 0 Å². The highest BCUT2D eigenvalue weighted by molar-refractivity contribution is 7.25. The van der Waals surface area contributed by atoms with Gasteiger partial charge in [-0.2, -0.15) is 0 Å². The number of nitrogens with one attached hydrogen (secondary N) is 1. The van der Waals surface area contributed by atoms with Gasteiger partial charge in [0.05, 0.1) is 21.1 Å². The van der Waals surface area contributed by atoms with Crippen molar-refractivity contribution >= 4 is 65.9 Å². The van der Waals surface area contributed by atoms with Crippen molar-refractivity contribution in [1.29, 1.82) is 0 Å². The van der Waals surface area contributed by atoms with Crippen LogP contribution in [-0.2, 0) is 0 Å². The molecule has 5 aromatic rings. The number of anilines is 2. The number of rotatable bonds is 3. The lowest BCUT2D eigenvalue weighted by Crippen LogP contribution is -1.94. The van der Waals surface area contributed by atoms with Crippen molar-refractivity contribution in [3.05, 3.63) is 53.1 Å². The first-order chi connectivity index (χ1) is 12.3. The lowest BCUT2D eigenvalue weighted by molar-refractivity contribution is 1.23. The van der Waals surface area contributed by atoms with Gasteiger partial charge in [-0.1, -0.05) is 0 Å². The highest BCUT2D eigenvalue weighted by atomic mass is 32.1. The van der Waals surface area contributed by atoms with Crippen molar-refractivity contribution in [1.82, 2.24) is 15.0 Å². The van der Waals surface area contributed by atoms with Crippen LogP contribution >= 0.6 is 34.0 Å². The SMILES string of the molecule is Cc1ccsc1-c1cc2c(Nc3ccc4scnc4c3)ncnc2s1. The molecule has 0 aliphatic carbocycles. The van der Waals surface area contributed by atoms with Crippen molar-refractivity contribution in [2.45, 2.75) is 6.92 Å². The summed E-state index contributed by atoms with van der Waals surface area (Å²) in [4.78, 5) is 16.8. The topological polar surface area (TPSA) is 50.7 Å². The lowest BCUT2D eigenvalue weighted by Gasteiger charge is -2.06. The maximum absolute atomic E-state index is 4.46. The predicted molar refractivity (Wildman–Crippen MR) is 108 cm³/mol. The molecule has 7 heteroatoms. The predicted octanol–water partition coefficient (Wildman–Crippen LogP) is 6.08. The second kappa shape index (κ2) is 5.87. The minimum Gasteiger partial charge on any atom is -0.340 e. The van der Waals surface area contributed by atoms with Crippen LogP contribution in [0.5, 0.6) is 0 Å². The first-order valence-corrected chi connectivity index (χ1v) is 10.2. The molecule has 0 aliphatic heterocycles. The number of aromatic nitrogens is 3. The quantitative estimate of drug-likeness (QED) is 0.412. The summed E-state index contributed by atoms with van der Waals surface area (Å²) < 4.78 is 1.18. The number of aryl methyl sites for hydroxylation is 1. The highest BCUT2D eigenvalue weighted by Gasteiger charge is 2.13. The molecule has 0 atom stereocenters. The monoisotopic (exact) mass is 380 g/mol. The van der Waals surface area contributed by atoms with Crippen LogP contribution in [0.3, 0.4) is 0 Å². The molecule has 0 fully saturated rings. The van der Waals surface area contributed by atoms with E-state index >= 15 is 0 Å². The summed E-state index contributed by atoms with van der Waals surface area (Å²) in [5.74, 6) is 0.830. The van der Waals surface area contributed by atoms with E-state index in [1.54, 1.807) is 40.3 Å². The van der Waals surface area contributed by atoms with Gasteiger partial charge in [0.25, 0.3) is 0 Å². The van der Waals surface area contributed by atoms with E-state index in [0.29, 0.717) is 0 Å². The van der Waals surface area contributed by atoms with Crippen LogP contribution in [0.25, 0.3) is 30.2 Å². The molecule has 4 nitrogen and oxygen atoms in total. The summed E-state index contributed by atoms with van der Waals surface area (Å²) in [7, 11) is 0. The number of thiazole rings is 1. The Labute approximate surface area is 155 Å². The van der Waals surface area contributed by atoms with Gasteiger partial charge >= 0.3 is 0 Å². The average molecular weight is 381 g/mol. The maximum atomic E-state index is 4.46. The Bertz CT molecular complexity index is 1200. The van der Waals surface area contributed by atoms with Crippen LogP contribution in [0.2, 0.25) is 0 Å². The molecule has 0 unspecified atom stereocenters. The minimum atomic E-state index is 0.830. The Balaban J connectivity index is 1.58. The van der Waals surface area contributed by atoms with Gasteiger partial charge in [-0.15, -0.1) is 34.0 Å². The third-order valence-corrected chi connectivity index (χ3v) is 7.06. The molecular formula is C18H12N4S3. The minimum absolute atomic E-state index is 0.830. The zero-order chi connectivity index (χ0) is 16.8. The molecule has 0 spiro atoms. The van der Waals surface area contributed by atoms with Crippen molar-refractivity contribution in [2.24, 2.45) is 0 Å². The second-order valence-corrected chi connectivity index (χ2v) is 8.48. The van der Waals surface area contributed by atoms with Gasteiger partial charge in [0.1, 0.15) is 17.0 Å². The molecule has 0 bridgehead atoms. The highest BCUT2D eigenvalue weighted by Crippen LogP contribution is 2.39. The molecule has 4 aromatic heterocycles. The van der Waals surface area contributed by atoms with Crippen LogP contribution in [0.1, 0.15) is 5.56 Å². The Morgan fingerprint density at radius 3 is 2.84 bits per heavy atom. The van der Waals surface area contributed by atoms with Gasteiger partial charge in [-0.25, -0.2) is 15.0 Å². The van der Waals surface area contributed by atoms with Crippen LogP contribution in [0.15, 0.2) is 47.5 Å². The number of hydrogen-bond donors (Lipinski definition) is 1. The fraction of sp³-hybridized carbons (Fsp3) is 0.0556. The number of benzene rings is 1. The molecule has 4 heterocycles. The second-order valence-electron chi connectivity index (χ2n) is 5.64. The molecule has 1 N–H and O–H groups in total. The van der Waals surface area contributed by atoms with Crippen molar-refractivity contribution < 1.29 is 0 Å². The first-order valence-electron chi connectivity index (χ1n) is 7.67. The number of thiophene rings is 2. The summed E-state index contributed by atoms with van der Waals surface area (Å²) >= 11 is 5.12. The summed E-state index contributed by atoms with van der Waals surface area (Å²) in [6, 6.07) is 10.5. The third kappa shape index (κ3) is 2.60. The van der Waals surface area contributed by atoms with Gasteiger partial charge in [-0.3, -0.25) is 0 Å². The summed E-state index contributed by atoms with van der Waals surface area (Å²) in [5, 5.41) is 6.60. The zero-order valence-corrected chi connectivity index (χ0v) is 15.6. The Kier molecular flexibility index (Phi) is 3.51. The maximum Gasteiger partial charge on any atom is 0.142 e. The zero-order valence-electron chi connectivity index (χ0n) is 13.2. The molecule has 0 saturated carbocycles. The fourth-order valence-electron chi connectivity index (χ4n) is 2.76. The molecule has 0 amide bonds. The Morgan fingerprint density at radius 2 is 1.96 bits per heavy atom. The van der Waals surface area contributed by atoms with E-state index in [4.69, 9.17) is 0 Å². The molecular weight excluding hydrogens is 368 g/mol. The van der Waals surface area contributed by atoms with Crippen LogP contribution in [0, 0.1) is 6.92 Å².